The van der Waals surface area contributed by atoms with Crippen LogP contribution >= 0.6 is 11.6 Å². The van der Waals surface area contributed by atoms with Gasteiger partial charge < -0.3 is 9.73 Å². The Balaban J connectivity index is 1.56. The first-order valence-electron chi connectivity index (χ1n) is 7.24. The van der Waals surface area contributed by atoms with E-state index in [9.17, 15) is 9.18 Å². The Morgan fingerprint density at radius 2 is 1.79 bits per heavy atom. The third-order valence-electron chi connectivity index (χ3n) is 3.25. The number of rotatable bonds is 5. The van der Waals surface area contributed by atoms with Crippen molar-refractivity contribution in [2.24, 2.45) is 0 Å². The molecule has 0 aliphatic heterocycles. The topological polar surface area (TPSA) is 68.0 Å². The molecule has 0 radical (unpaired) electrons. The normalized spacial score (nSPS) is 10.6. The monoisotopic (exact) mass is 345 g/mol. The van der Waals surface area contributed by atoms with Crippen molar-refractivity contribution in [3.8, 4) is 11.5 Å². The number of nitrogens with zero attached hydrogens (tertiary/aromatic N) is 2. The first-order valence-corrected chi connectivity index (χ1v) is 7.62. The maximum absolute atomic E-state index is 12.9. The van der Waals surface area contributed by atoms with Crippen molar-refractivity contribution in [1.82, 2.24) is 10.2 Å². The van der Waals surface area contributed by atoms with Gasteiger partial charge in [0.1, 0.15) is 5.82 Å². The summed E-state index contributed by atoms with van der Waals surface area (Å²) >= 11 is 5.79. The van der Waals surface area contributed by atoms with Crippen molar-refractivity contribution < 1.29 is 13.6 Å². The van der Waals surface area contributed by atoms with Gasteiger partial charge in [0.2, 0.25) is 17.7 Å². The standard InChI is InChI=1S/C17H13ClFN3O2/c18-12-3-7-14(8-4-12)20-15(23)9-10-16-21-22-17(24-16)11-1-5-13(19)6-2-11/h1-8H,9-10H2,(H,20,23). The number of nitrogens with one attached hydrogen (secondary N) is 1. The first-order chi connectivity index (χ1) is 11.6. The number of carbonyl (C=O) groups excluding carboxylic acids is 1. The summed E-state index contributed by atoms with van der Waals surface area (Å²) < 4.78 is 18.4. The number of benzene rings is 2. The third-order valence-corrected chi connectivity index (χ3v) is 3.50. The minimum atomic E-state index is -0.336. The van der Waals surface area contributed by atoms with Gasteiger partial charge in [-0.25, -0.2) is 4.39 Å². The highest BCUT2D eigenvalue weighted by atomic mass is 35.5. The average molecular weight is 346 g/mol. The zero-order chi connectivity index (χ0) is 16.9. The molecular formula is C17H13ClFN3O2. The van der Waals surface area contributed by atoms with E-state index < -0.39 is 0 Å². The number of aryl methyl sites for hydroxylation is 1. The van der Waals surface area contributed by atoms with Gasteiger partial charge in [-0.3, -0.25) is 4.79 Å². The minimum absolute atomic E-state index is 0.168. The van der Waals surface area contributed by atoms with E-state index in [2.05, 4.69) is 15.5 Å². The summed E-state index contributed by atoms with van der Waals surface area (Å²) in [5.41, 5.74) is 1.29. The van der Waals surface area contributed by atoms with E-state index in [-0.39, 0.29) is 18.1 Å². The second-order valence-corrected chi connectivity index (χ2v) is 5.50. The second kappa shape index (κ2) is 7.23. The fraction of sp³-hybridized carbons (Fsp3) is 0.118. The maximum Gasteiger partial charge on any atom is 0.247 e. The molecule has 0 spiro atoms. The van der Waals surface area contributed by atoms with Gasteiger partial charge in [0.15, 0.2) is 0 Å². The van der Waals surface area contributed by atoms with E-state index in [0.717, 1.165) is 0 Å². The lowest BCUT2D eigenvalue weighted by Gasteiger charge is -2.03. The first kappa shape index (κ1) is 16.1. The molecule has 0 unspecified atom stereocenters. The van der Waals surface area contributed by atoms with Crippen LogP contribution in [0.5, 0.6) is 0 Å². The number of carbonyl (C=O) groups is 1. The molecule has 0 aliphatic carbocycles. The zero-order valence-electron chi connectivity index (χ0n) is 12.5. The van der Waals surface area contributed by atoms with E-state index in [1.807, 2.05) is 0 Å². The highest BCUT2D eigenvalue weighted by Gasteiger charge is 2.11. The Labute approximate surface area is 142 Å². The Morgan fingerprint density at radius 1 is 1.08 bits per heavy atom. The van der Waals surface area contributed by atoms with Crippen LogP contribution in [0.15, 0.2) is 52.9 Å². The van der Waals surface area contributed by atoms with Crippen molar-refractivity contribution in [3.63, 3.8) is 0 Å². The van der Waals surface area contributed by atoms with Crippen molar-refractivity contribution in [1.29, 1.82) is 0 Å². The fourth-order valence-electron chi connectivity index (χ4n) is 2.04. The molecule has 7 heteroatoms. The lowest BCUT2D eigenvalue weighted by Crippen LogP contribution is -2.12. The Kier molecular flexibility index (Phi) is 4.86. The molecular weight excluding hydrogens is 333 g/mol. The number of halogens is 2. The summed E-state index contributed by atoms with van der Waals surface area (Å²) in [6, 6.07) is 12.6. The molecule has 0 aliphatic rings. The molecule has 1 N–H and O–H groups in total. The number of anilines is 1. The number of amides is 1. The largest absolute Gasteiger partial charge is 0.421 e. The molecule has 0 fully saturated rings. The molecule has 24 heavy (non-hydrogen) atoms. The molecule has 122 valence electrons. The van der Waals surface area contributed by atoms with Crippen LogP contribution in [0.25, 0.3) is 11.5 Å². The van der Waals surface area contributed by atoms with Crippen LogP contribution in [-0.2, 0) is 11.2 Å². The lowest BCUT2D eigenvalue weighted by atomic mass is 10.2. The van der Waals surface area contributed by atoms with E-state index in [0.29, 0.717) is 34.5 Å². The average Bonchev–Trinajstić information content (AvgIpc) is 3.05. The molecule has 5 nitrogen and oxygen atoms in total. The number of hydrogen-bond acceptors (Lipinski definition) is 4. The summed E-state index contributed by atoms with van der Waals surface area (Å²) in [4.78, 5) is 11.9. The van der Waals surface area contributed by atoms with E-state index in [1.54, 1.807) is 36.4 Å². The maximum atomic E-state index is 12.9. The summed E-state index contributed by atoms with van der Waals surface area (Å²) in [5, 5.41) is 11.2. The highest BCUT2D eigenvalue weighted by Crippen LogP contribution is 2.19. The van der Waals surface area contributed by atoms with Crippen molar-refractivity contribution in [2.75, 3.05) is 5.32 Å². The van der Waals surface area contributed by atoms with Crippen LogP contribution in [0, 0.1) is 5.82 Å². The van der Waals surface area contributed by atoms with Gasteiger partial charge >= 0.3 is 0 Å². The smallest absolute Gasteiger partial charge is 0.247 e. The molecule has 2 aromatic carbocycles. The van der Waals surface area contributed by atoms with Gasteiger partial charge in [-0.15, -0.1) is 10.2 Å². The van der Waals surface area contributed by atoms with Crippen LogP contribution in [0.2, 0.25) is 5.02 Å². The summed E-state index contributed by atoms with van der Waals surface area (Å²) in [5.74, 6) is 0.139. The van der Waals surface area contributed by atoms with Gasteiger partial charge in [-0.05, 0) is 48.5 Å². The van der Waals surface area contributed by atoms with Gasteiger partial charge in [-0.1, -0.05) is 11.6 Å². The van der Waals surface area contributed by atoms with Gasteiger partial charge in [0.25, 0.3) is 0 Å². The van der Waals surface area contributed by atoms with Crippen LogP contribution in [-0.4, -0.2) is 16.1 Å². The number of hydrogen-bond donors (Lipinski definition) is 1. The second-order valence-electron chi connectivity index (χ2n) is 5.06. The van der Waals surface area contributed by atoms with Gasteiger partial charge in [0, 0.05) is 29.1 Å². The summed E-state index contributed by atoms with van der Waals surface area (Å²) in [7, 11) is 0. The zero-order valence-corrected chi connectivity index (χ0v) is 13.3. The van der Waals surface area contributed by atoms with E-state index in [1.165, 1.54) is 12.1 Å². The minimum Gasteiger partial charge on any atom is -0.421 e. The molecule has 3 aromatic rings. The molecule has 1 heterocycles. The Hall–Kier alpha value is -2.73. The molecule has 0 atom stereocenters. The van der Waals surface area contributed by atoms with Gasteiger partial charge in [-0.2, -0.15) is 0 Å². The lowest BCUT2D eigenvalue weighted by molar-refractivity contribution is -0.116. The van der Waals surface area contributed by atoms with Crippen LogP contribution in [0.4, 0.5) is 10.1 Å². The summed E-state index contributed by atoms with van der Waals surface area (Å²) in [6.07, 6.45) is 0.515. The van der Waals surface area contributed by atoms with Crippen LogP contribution in [0.3, 0.4) is 0 Å². The Morgan fingerprint density at radius 3 is 2.50 bits per heavy atom. The number of aromatic nitrogens is 2. The molecule has 3 rings (SSSR count). The van der Waals surface area contributed by atoms with Crippen molar-refractivity contribution >= 4 is 23.2 Å². The highest BCUT2D eigenvalue weighted by molar-refractivity contribution is 6.30. The predicted octanol–water partition coefficient (Wildman–Crippen LogP) is 4.10. The molecule has 0 bridgehead atoms. The predicted molar refractivity (Wildman–Crippen MR) is 88.1 cm³/mol. The Bertz CT molecular complexity index is 832. The molecule has 1 aromatic heterocycles. The fourth-order valence-corrected chi connectivity index (χ4v) is 2.17. The van der Waals surface area contributed by atoms with Crippen molar-refractivity contribution in [3.05, 3.63) is 65.3 Å². The van der Waals surface area contributed by atoms with Gasteiger partial charge in [0.05, 0.1) is 0 Å². The van der Waals surface area contributed by atoms with Crippen LogP contribution in [0.1, 0.15) is 12.3 Å². The van der Waals surface area contributed by atoms with E-state index in [4.69, 9.17) is 16.0 Å². The summed E-state index contributed by atoms with van der Waals surface area (Å²) in [6.45, 7) is 0. The molecule has 1 amide bonds. The SMILES string of the molecule is O=C(CCc1nnc(-c2ccc(F)cc2)o1)Nc1ccc(Cl)cc1. The van der Waals surface area contributed by atoms with Crippen molar-refractivity contribution in [2.45, 2.75) is 12.8 Å². The quantitative estimate of drug-likeness (QED) is 0.756. The van der Waals surface area contributed by atoms with Crippen LogP contribution < -0.4 is 5.32 Å². The molecule has 0 saturated carbocycles. The third kappa shape index (κ3) is 4.17. The van der Waals surface area contributed by atoms with E-state index >= 15 is 0 Å². The molecule has 0 saturated heterocycles.